The number of imidazole rings is 1. The summed E-state index contributed by atoms with van der Waals surface area (Å²) < 4.78 is 12.7. The summed E-state index contributed by atoms with van der Waals surface area (Å²) in [6.07, 6.45) is 0. The number of rotatable bonds is 8. The lowest BCUT2D eigenvalue weighted by Gasteiger charge is -2.10. The first-order valence-corrected chi connectivity index (χ1v) is 8.63. The largest absolute Gasteiger partial charge is 0.484 e. The van der Waals surface area contributed by atoms with E-state index in [1.54, 1.807) is 31.4 Å². The number of carbonyl (C=O) groups excluding carboxylic acids is 1. The molecule has 1 heterocycles. The van der Waals surface area contributed by atoms with E-state index < -0.39 is 0 Å². The Balaban J connectivity index is 1.61. The number of amides is 1. The van der Waals surface area contributed by atoms with Crippen LogP contribution in [0.4, 0.5) is 0 Å². The molecule has 0 atom stereocenters. The van der Waals surface area contributed by atoms with Gasteiger partial charge in [0.15, 0.2) is 6.61 Å². The Hall–Kier alpha value is -2.57. The van der Waals surface area contributed by atoms with Crippen molar-refractivity contribution >= 4 is 28.5 Å². The molecule has 3 rings (SSSR count). The summed E-state index contributed by atoms with van der Waals surface area (Å²) in [6, 6.07) is 14.7. The Morgan fingerprint density at radius 3 is 2.73 bits per heavy atom. The van der Waals surface area contributed by atoms with Gasteiger partial charge in [-0.25, -0.2) is 4.98 Å². The van der Waals surface area contributed by atoms with Gasteiger partial charge in [-0.3, -0.25) is 4.79 Å². The monoisotopic (exact) mass is 373 g/mol. The first-order chi connectivity index (χ1) is 12.7. The van der Waals surface area contributed by atoms with Crippen LogP contribution in [0.25, 0.3) is 11.0 Å². The highest BCUT2D eigenvalue weighted by Crippen LogP contribution is 2.17. The van der Waals surface area contributed by atoms with Crippen LogP contribution in [0.15, 0.2) is 48.5 Å². The molecular weight excluding hydrogens is 354 g/mol. The molecule has 0 bridgehead atoms. The summed E-state index contributed by atoms with van der Waals surface area (Å²) in [5.41, 5.74) is 1.91. The molecule has 1 N–H and O–H groups in total. The van der Waals surface area contributed by atoms with E-state index in [1.165, 1.54) is 0 Å². The molecule has 0 aliphatic rings. The number of methoxy groups -OCH3 is 1. The highest BCUT2D eigenvalue weighted by molar-refractivity contribution is 6.30. The zero-order valence-electron chi connectivity index (χ0n) is 14.4. The number of carbonyl (C=O) groups is 1. The lowest BCUT2D eigenvalue weighted by Crippen LogP contribution is -2.29. The second-order valence-electron chi connectivity index (χ2n) is 5.68. The predicted octanol–water partition coefficient (Wildman–Crippen LogP) is 3.03. The van der Waals surface area contributed by atoms with Crippen LogP contribution in [-0.2, 0) is 22.6 Å². The van der Waals surface area contributed by atoms with Gasteiger partial charge in [0.05, 0.1) is 24.2 Å². The number of aromatic nitrogens is 2. The van der Waals surface area contributed by atoms with E-state index in [0.29, 0.717) is 30.5 Å². The molecule has 0 radical (unpaired) electrons. The third-order valence-corrected chi connectivity index (χ3v) is 4.13. The maximum absolute atomic E-state index is 12.1. The molecule has 136 valence electrons. The maximum Gasteiger partial charge on any atom is 0.258 e. The minimum Gasteiger partial charge on any atom is -0.484 e. The Kier molecular flexibility index (Phi) is 6.09. The molecule has 0 spiro atoms. The van der Waals surface area contributed by atoms with E-state index >= 15 is 0 Å². The predicted molar refractivity (Wildman–Crippen MR) is 100 cm³/mol. The fourth-order valence-electron chi connectivity index (χ4n) is 2.60. The molecule has 0 aliphatic heterocycles. The van der Waals surface area contributed by atoms with Crippen molar-refractivity contribution in [2.75, 3.05) is 20.3 Å². The molecule has 7 heteroatoms. The number of para-hydroxylation sites is 2. The molecule has 0 aliphatic carbocycles. The van der Waals surface area contributed by atoms with Crippen LogP contribution in [0.5, 0.6) is 5.75 Å². The van der Waals surface area contributed by atoms with Gasteiger partial charge in [-0.2, -0.15) is 0 Å². The minimum absolute atomic E-state index is 0.0695. The van der Waals surface area contributed by atoms with Crippen molar-refractivity contribution in [1.29, 1.82) is 0 Å². The van der Waals surface area contributed by atoms with Crippen LogP contribution in [0.3, 0.4) is 0 Å². The topological polar surface area (TPSA) is 65.4 Å². The molecule has 26 heavy (non-hydrogen) atoms. The summed E-state index contributed by atoms with van der Waals surface area (Å²) in [6.45, 7) is 1.49. The van der Waals surface area contributed by atoms with E-state index in [9.17, 15) is 4.79 Å². The van der Waals surface area contributed by atoms with Gasteiger partial charge in [0, 0.05) is 18.7 Å². The van der Waals surface area contributed by atoms with E-state index in [-0.39, 0.29) is 12.5 Å². The molecule has 3 aromatic rings. The molecule has 6 nitrogen and oxygen atoms in total. The smallest absolute Gasteiger partial charge is 0.258 e. The van der Waals surface area contributed by atoms with Crippen LogP contribution >= 0.6 is 11.6 Å². The zero-order chi connectivity index (χ0) is 18.4. The Morgan fingerprint density at radius 2 is 1.96 bits per heavy atom. The van der Waals surface area contributed by atoms with Crippen molar-refractivity contribution in [2.24, 2.45) is 0 Å². The first-order valence-electron chi connectivity index (χ1n) is 8.25. The van der Waals surface area contributed by atoms with Gasteiger partial charge < -0.3 is 19.4 Å². The molecular formula is C19H20ClN3O3. The molecule has 0 fully saturated rings. The second kappa shape index (κ2) is 8.69. The average molecular weight is 374 g/mol. The summed E-state index contributed by atoms with van der Waals surface area (Å²) in [5.74, 6) is 1.16. The van der Waals surface area contributed by atoms with E-state index in [2.05, 4.69) is 14.9 Å². The standard InChI is InChI=1S/C19H20ClN3O3/c1-25-11-10-23-17-5-3-2-4-16(17)22-18(23)12-21-19(24)13-26-15-8-6-14(20)7-9-15/h2-9H,10-13H2,1H3,(H,21,24). The number of benzene rings is 2. The number of halogens is 1. The Bertz CT molecular complexity index is 877. The number of hydrogen-bond acceptors (Lipinski definition) is 4. The second-order valence-corrected chi connectivity index (χ2v) is 6.12. The average Bonchev–Trinajstić information content (AvgIpc) is 3.01. The highest BCUT2D eigenvalue weighted by atomic mass is 35.5. The third-order valence-electron chi connectivity index (χ3n) is 3.88. The van der Waals surface area contributed by atoms with E-state index in [1.807, 2.05) is 24.3 Å². The van der Waals surface area contributed by atoms with E-state index in [0.717, 1.165) is 16.9 Å². The molecule has 2 aromatic carbocycles. The lowest BCUT2D eigenvalue weighted by molar-refractivity contribution is -0.123. The molecule has 1 amide bonds. The van der Waals surface area contributed by atoms with Gasteiger partial charge in [0.25, 0.3) is 5.91 Å². The van der Waals surface area contributed by atoms with Crippen molar-refractivity contribution < 1.29 is 14.3 Å². The van der Waals surface area contributed by atoms with Crippen molar-refractivity contribution in [3.63, 3.8) is 0 Å². The molecule has 0 unspecified atom stereocenters. The van der Waals surface area contributed by atoms with Gasteiger partial charge in [0.1, 0.15) is 11.6 Å². The number of hydrogen-bond donors (Lipinski definition) is 1. The van der Waals surface area contributed by atoms with Crippen molar-refractivity contribution in [2.45, 2.75) is 13.1 Å². The third kappa shape index (κ3) is 4.53. The van der Waals surface area contributed by atoms with Crippen LogP contribution in [0, 0.1) is 0 Å². The van der Waals surface area contributed by atoms with Gasteiger partial charge in [-0.15, -0.1) is 0 Å². The van der Waals surface area contributed by atoms with Crippen molar-refractivity contribution in [3.05, 3.63) is 59.4 Å². The first kappa shape index (κ1) is 18.2. The number of nitrogens with zero attached hydrogens (tertiary/aromatic N) is 2. The summed E-state index contributed by atoms with van der Waals surface area (Å²) in [4.78, 5) is 16.7. The summed E-state index contributed by atoms with van der Waals surface area (Å²) >= 11 is 5.82. The minimum atomic E-state index is -0.217. The zero-order valence-corrected chi connectivity index (χ0v) is 15.2. The molecule has 0 saturated carbocycles. The number of nitrogens with one attached hydrogen (secondary N) is 1. The molecule has 0 saturated heterocycles. The Labute approximate surface area is 156 Å². The Morgan fingerprint density at radius 1 is 1.19 bits per heavy atom. The fraction of sp³-hybridized carbons (Fsp3) is 0.263. The summed E-state index contributed by atoms with van der Waals surface area (Å²) in [5, 5.41) is 3.47. The highest BCUT2D eigenvalue weighted by Gasteiger charge is 2.11. The summed E-state index contributed by atoms with van der Waals surface area (Å²) in [7, 11) is 1.66. The fourth-order valence-corrected chi connectivity index (χ4v) is 2.73. The van der Waals surface area contributed by atoms with Gasteiger partial charge >= 0.3 is 0 Å². The van der Waals surface area contributed by atoms with Crippen LogP contribution in [0.1, 0.15) is 5.82 Å². The quantitative estimate of drug-likeness (QED) is 0.659. The van der Waals surface area contributed by atoms with Gasteiger partial charge in [0.2, 0.25) is 0 Å². The maximum atomic E-state index is 12.1. The number of fused-ring (bicyclic) bond motifs is 1. The molecule has 1 aromatic heterocycles. The van der Waals surface area contributed by atoms with Crippen LogP contribution in [-0.4, -0.2) is 35.8 Å². The van der Waals surface area contributed by atoms with E-state index in [4.69, 9.17) is 21.1 Å². The lowest BCUT2D eigenvalue weighted by atomic mass is 10.3. The number of ether oxygens (including phenoxy) is 2. The van der Waals surface area contributed by atoms with Crippen LogP contribution < -0.4 is 10.1 Å². The SMILES string of the molecule is COCCn1c(CNC(=O)COc2ccc(Cl)cc2)nc2ccccc21. The van der Waals surface area contributed by atoms with Crippen LogP contribution in [0.2, 0.25) is 5.02 Å². The van der Waals surface area contributed by atoms with Gasteiger partial charge in [-0.1, -0.05) is 23.7 Å². The van der Waals surface area contributed by atoms with Crippen molar-refractivity contribution in [1.82, 2.24) is 14.9 Å². The normalized spacial score (nSPS) is 10.8. The van der Waals surface area contributed by atoms with Gasteiger partial charge in [-0.05, 0) is 36.4 Å². The van der Waals surface area contributed by atoms with Crippen molar-refractivity contribution in [3.8, 4) is 5.75 Å².